The summed E-state index contributed by atoms with van der Waals surface area (Å²) in [6, 6.07) is 0.606. The van der Waals surface area contributed by atoms with E-state index in [9.17, 15) is 0 Å². The highest BCUT2D eigenvalue weighted by Crippen LogP contribution is 2.35. The maximum absolute atomic E-state index is 3.73. The number of rotatable bonds is 8. The molecule has 1 N–H and O–H groups in total. The summed E-state index contributed by atoms with van der Waals surface area (Å²) in [5.41, 5.74) is 0.517. The monoisotopic (exact) mass is 282 g/mol. The lowest BCUT2D eigenvalue weighted by molar-refractivity contribution is 0.132. The van der Waals surface area contributed by atoms with Crippen LogP contribution >= 0.6 is 0 Å². The van der Waals surface area contributed by atoms with Crippen LogP contribution in [0.1, 0.15) is 72.6 Å². The minimum absolute atomic E-state index is 0.517. The van der Waals surface area contributed by atoms with E-state index in [2.05, 4.69) is 45.0 Å². The first-order valence-electron chi connectivity index (χ1n) is 8.89. The summed E-state index contributed by atoms with van der Waals surface area (Å²) in [4.78, 5) is 2.60. The fourth-order valence-electron chi connectivity index (χ4n) is 3.59. The Morgan fingerprint density at radius 2 is 1.65 bits per heavy atom. The molecular weight excluding hydrogens is 244 g/mol. The zero-order valence-corrected chi connectivity index (χ0v) is 14.7. The van der Waals surface area contributed by atoms with E-state index in [-0.39, 0.29) is 0 Å². The number of hydrogen-bond donors (Lipinski definition) is 1. The average molecular weight is 283 g/mol. The maximum atomic E-state index is 3.73. The highest BCUT2D eigenvalue weighted by Gasteiger charge is 2.32. The van der Waals surface area contributed by atoms with Gasteiger partial charge in [-0.2, -0.15) is 0 Å². The highest BCUT2D eigenvalue weighted by molar-refractivity contribution is 4.87. The van der Waals surface area contributed by atoms with Crippen molar-refractivity contribution in [3.8, 4) is 0 Å². The number of nitrogens with zero attached hydrogens (tertiary/aromatic N) is 1. The standard InChI is InChI=1S/C18H38N2/c1-6-17(4)13-20(5)15-18(14-19-16(2)3)11-9-7-8-10-12-18/h16-17,19H,6-15H2,1-5H3. The van der Waals surface area contributed by atoms with E-state index in [0.29, 0.717) is 11.5 Å². The molecule has 0 spiro atoms. The van der Waals surface area contributed by atoms with Gasteiger partial charge in [-0.3, -0.25) is 0 Å². The Bertz CT molecular complexity index is 242. The van der Waals surface area contributed by atoms with Gasteiger partial charge in [0.25, 0.3) is 0 Å². The van der Waals surface area contributed by atoms with Crippen LogP contribution in [0.3, 0.4) is 0 Å². The molecule has 20 heavy (non-hydrogen) atoms. The molecule has 1 aliphatic carbocycles. The molecule has 0 aromatic rings. The van der Waals surface area contributed by atoms with Gasteiger partial charge in [0, 0.05) is 25.7 Å². The van der Waals surface area contributed by atoms with Crippen LogP contribution in [0.25, 0.3) is 0 Å². The first-order chi connectivity index (χ1) is 9.47. The third-order valence-corrected chi connectivity index (χ3v) is 4.98. The van der Waals surface area contributed by atoms with Crippen molar-refractivity contribution in [1.82, 2.24) is 10.2 Å². The summed E-state index contributed by atoms with van der Waals surface area (Å²) >= 11 is 0. The zero-order valence-electron chi connectivity index (χ0n) is 14.7. The molecule has 0 amide bonds. The fraction of sp³-hybridized carbons (Fsp3) is 1.00. The zero-order chi connectivity index (χ0) is 15.0. The summed E-state index contributed by atoms with van der Waals surface area (Å²) in [5, 5.41) is 3.73. The summed E-state index contributed by atoms with van der Waals surface area (Å²) in [7, 11) is 2.33. The Kier molecular flexibility index (Phi) is 8.13. The van der Waals surface area contributed by atoms with Gasteiger partial charge in [-0.1, -0.05) is 59.8 Å². The molecule has 0 heterocycles. The molecule has 2 heteroatoms. The van der Waals surface area contributed by atoms with Gasteiger partial charge in [0.1, 0.15) is 0 Å². The number of nitrogens with one attached hydrogen (secondary N) is 1. The van der Waals surface area contributed by atoms with Gasteiger partial charge >= 0.3 is 0 Å². The Morgan fingerprint density at radius 3 is 2.15 bits per heavy atom. The minimum Gasteiger partial charge on any atom is -0.314 e. The van der Waals surface area contributed by atoms with E-state index in [0.717, 1.165) is 5.92 Å². The van der Waals surface area contributed by atoms with Gasteiger partial charge < -0.3 is 10.2 Å². The smallest absolute Gasteiger partial charge is 0.00472 e. The second kappa shape index (κ2) is 9.04. The van der Waals surface area contributed by atoms with Crippen molar-refractivity contribution in [2.45, 2.75) is 78.7 Å². The molecule has 1 unspecified atom stereocenters. The van der Waals surface area contributed by atoms with Crippen molar-refractivity contribution in [3.05, 3.63) is 0 Å². The quantitative estimate of drug-likeness (QED) is 0.668. The lowest BCUT2D eigenvalue weighted by Crippen LogP contribution is -2.45. The normalized spacial score (nSPS) is 21.1. The first-order valence-corrected chi connectivity index (χ1v) is 8.89. The van der Waals surface area contributed by atoms with Crippen LogP contribution in [0.15, 0.2) is 0 Å². The predicted octanol–water partition coefficient (Wildman–Crippen LogP) is 4.30. The van der Waals surface area contributed by atoms with E-state index in [1.807, 2.05) is 0 Å². The average Bonchev–Trinajstić information content (AvgIpc) is 2.62. The van der Waals surface area contributed by atoms with Gasteiger partial charge in [0.15, 0.2) is 0 Å². The second-order valence-corrected chi connectivity index (χ2v) is 7.66. The van der Waals surface area contributed by atoms with Crippen LogP contribution in [0.4, 0.5) is 0 Å². The molecule has 1 atom stereocenters. The van der Waals surface area contributed by atoms with Gasteiger partial charge in [0.05, 0.1) is 0 Å². The first kappa shape index (κ1) is 18.0. The molecule has 2 nitrogen and oxygen atoms in total. The van der Waals surface area contributed by atoms with Gasteiger partial charge in [-0.25, -0.2) is 0 Å². The Labute approximate surface area is 127 Å². The van der Waals surface area contributed by atoms with E-state index in [1.54, 1.807) is 0 Å². The maximum Gasteiger partial charge on any atom is 0.00472 e. The minimum atomic E-state index is 0.517. The van der Waals surface area contributed by atoms with E-state index in [1.165, 1.54) is 64.6 Å². The highest BCUT2D eigenvalue weighted by atomic mass is 15.1. The third kappa shape index (κ3) is 6.58. The molecular formula is C18H38N2. The Hall–Kier alpha value is -0.0800. The van der Waals surface area contributed by atoms with Crippen molar-refractivity contribution in [3.63, 3.8) is 0 Å². The Balaban J connectivity index is 2.60. The van der Waals surface area contributed by atoms with Crippen molar-refractivity contribution in [1.29, 1.82) is 0 Å². The van der Waals surface area contributed by atoms with E-state index >= 15 is 0 Å². The molecule has 0 aromatic heterocycles. The fourth-order valence-corrected chi connectivity index (χ4v) is 3.59. The molecule has 0 radical (unpaired) electrons. The summed E-state index contributed by atoms with van der Waals surface area (Å²) in [6.45, 7) is 13.0. The Morgan fingerprint density at radius 1 is 1.05 bits per heavy atom. The molecule has 1 fully saturated rings. The van der Waals surface area contributed by atoms with Gasteiger partial charge in [0.2, 0.25) is 0 Å². The van der Waals surface area contributed by atoms with Crippen LogP contribution < -0.4 is 5.32 Å². The summed E-state index contributed by atoms with van der Waals surface area (Å²) < 4.78 is 0. The molecule has 0 aliphatic heterocycles. The van der Waals surface area contributed by atoms with Crippen LogP contribution in [0.5, 0.6) is 0 Å². The molecule has 1 rings (SSSR count). The van der Waals surface area contributed by atoms with Crippen molar-refractivity contribution in [2.24, 2.45) is 11.3 Å². The summed E-state index contributed by atoms with van der Waals surface area (Å²) in [6.07, 6.45) is 9.86. The topological polar surface area (TPSA) is 15.3 Å². The van der Waals surface area contributed by atoms with Crippen LogP contribution in [-0.2, 0) is 0 Å². The SMILES string of the molecule is CCC(C)CN(C)CC1(CNC(C)C)CCCCCC1. The molecule has 120 valence electrons. The molecule has 1 aliphatic rings. The number of hydrogen-bond acceptors (Lipinski definition) is 2. The second-order valence-electron chi connectivity index (χ2n) is 7.66. The molecule has 0 saturated heterocycles. The van der Waals surface area contributed by atoms with Crippen molar-refractivity contribution < 1.29 is 0 Å². The lowest BCUT2D eigenvalue weighted by atomic mass is 9.79. The lowest BCUT2D eigenvalue weighted by Gasteiger charge is -2.38. The van der Waals surface area contributed by atoms with Crippen LogP contribution in [0, 0.1) is 11.3 Å². The molecule has 0 bridgehead atoms. The van der Waals surface area contributed by atoms with E-state index < -0.39 is 0 Å². The van der Waals surface area contributed by atoms with Gasteiger partial charge in [-0.05, 0) is 31.2 Å². The third-order valence-electron chi connectivity index (χ3n) is 4.98. The molecule has 1 saturated carbocycles. The predicted molar refractivity (Wildman–Crippen MR) is 90.2 cm³/mol. The van der Waals surface area contributed by atoms with Crippen molar-refractivity contribution in [2.75, 3.05) is 26.7 Å². The summed E-state index contributed by atoms with van der Waals surface area (Å²) in [5.74, 6) is 0.820. The molecule has 0 aromatic carbocycles. The van der Waals surface area contributed by atoms with Gasteiger partial charge in [-0.15, -0.1) is 0 Å². The van der Waals surface area contributed by atoms with Crippen LogP contribution in [-0.4, -0.2) is 37.6 Å². The van der Waals surface area contributed by atoms with E-state index in [4.69, 9.17) is 0 Å². The van der Waals surface area contributed by atoms with Crippen molar-refractivity contribution >= 4 is 0 Å². The van der Waals surface area contributed by atoms with Crippen LogP contribution in [0.2, 0.25) is 0 Å². The largest absolute Gasteiger partial charge is 0.314 e.